The molecule has 4 aliphatic carbocycles. The summed E-state index contributed by atoms with van der Waals surface area (Å²) in [4.78, 5) is 11.6. The van der Waals surface area contributed by atoms with Crippen LogP contribution in [-0.2, 0) is 0 Å². The Hall–Kier alpha value is -0.110. The molecule has 0 aromatic heterocycles. The fraction of sp³-hybridized carbons (Fsp3) is 1.00. The van der Waals surface area contributed by atoms with Crippen molar-refractivity contribution in [3.05, 3.63) is 4.91 Å². The first-order chi connectivity index (χ1) is 10.5. The van der Waals surface area contributed by atoms with E-state index in [1.807, 2.05) is 0 Å². The Morgan fingerprint density at radius 2 is 1.77 bits per heavy atom. The van der Waals surface area contributed by atoms with Crippen molar-refractivity contribution in [2.24, 2.45) is 39.7 Å². The topological polar surface area (TPSA) is 29.4 Å². The fourth-order valence-corrected chi connectivity index (χ4v) is 7.81. The third kappa shape index (κ3) is 1.85. The number of hydrogen-bond donors (Lipinski definition) is 0. The minimum atomic E-state index is 0.0663. The van der Waals surface area contributed by atoms with E-state index in [4.69, 9.17) is 11.6 Å². The van der Waals surface area contributed by atoms with Crippen molar-refractivity contribution < 1.29 is 0 Å². The van der Waals surface area contributed by atoms with E-state index in [1.54, 1.807) is 0 Å². The van der Waals surface area contributed by atoms with E-state index in [2.05, 4.69) is 19.0 Å². The van der Waals surface area contributed by atoms with Gasteiger partial charge < -0.3 is 0 Å². The summed E-state index contributed by atoms with van der Waals surface area (Å²) in [6.45, 7) is 4.87. The zero-order valence-corrected chi connectivity index (χ0v) is 14.8. The van der Waals surface area contributed by atoms with E-state index in [1.165, 1.54) is 51.4 Å². The van der Waals surface area contributed by atoms with Crippen LogP contribution in [0.2, 0.25) is 0 Å². The first-order valence-corrected chi connectivity index (χ1v) is 9.92. The van der Waals surface area contributed by atoms with Crippen molar-refractivity contribution in [3.63, 3.8) is 0 Å². The summed E-state index contributed by atoms with van der Waals surface area (Å²) < 4.78 is 0. The van der Waals surface area contributed by atoms with Crippen molar-refractivity contribution >= 4 is 11.6 Å². The molecule has 0 saturated heterocycles. The van der Waals surface area contributed by atoms with E-state index in [0.717, 1.165) is 24.2 Å². The predicted molar refractivity (Wildman–Crippen MR) is 91.0 cm³/mol. The highest BCUT2D eigenvalue weighted by molar-refractivity contribution is 6.21. The molecule has 4 rings (SSSR count). The Labute approximate surface area is 139 Å². The maximum Gasteiger partial charge on any atom is 0.0978 e. The SMILES string of the molecule is C[C@]12CC[C@H]3[C@@H](CC[C@H]4CCC[C@@H](N=O)[C@@]43C)[C@@H]1CC[C@H]2Cl. The Kier molecular flexibility index (Phi) is 3.64. The zero-order valence-electron chi connectivity index (χ0n) is 14.1. The van der Waals surface area contributed by atoms with Crippen LogP contribution in [0.3, 0.4) is 0 Å². The predicted octanol–water partition coefficient (Wildman–Crippen LogP) is 5.77. The molecule has 0 aliphatic heterocycles. The Morgan fingerprint density at radius 3 is 2.55 bits per heavy atom. The van der Waals surface area contributed by atoms with Crippen LogP contribution in [0, 0.1) is 39.4 Å². The first-order valence-electron chi connectivity index (χ1n) is 9.48. The summed E-state index contributed by atoms with van der Waals surface area (Å²) in [5, 5.41) is 4.01. The van der Waals surface area contributed by atoms with Crippen molar-refractivity contribution in [1.82, 2.24) is 0 Å². The molecule has 4 aliphatic rings. The number of nitroso groups, excluding NO2 is 1. The summed E-state index contributed by atoms with van der Waals surface area (Å²) in [5.74, 6) is 3.05. The molecule has 2 nitrogen and oxygen atoms in total. The number of alkyl halides is 1. The molecule has 8 atom stereocenters. The highest BCUT2D eigenvalue weighted by Crippen LogP contribution is 2.67. The minimum Gasteiger partial charge on any atom is -0.150 e. The van der Waals surface area contributed by atoms with E-state index < -0.39 is 0 Å². The summed E-state index contributed by atoms with van der Waals surface area (Å²) in [7, 11) is 0. The zero-order chi connectivity index (χ0) is 15.5. The lowest BCUT2D eigenvalue weighted by molar-refractivity contribution is -0.111. The van der Waals surface area contributed by atoms with Crippen LogP contribution >= 0.6 is 11.6 Å². The number of hydrogen-bond acceptors (Lipinski definition) is 2. The third-order valence-electron chi connectivity index (χ3n) is 8.72. The summed E-state index contributed by atoms with van der Waals surface area (Å²) in [6, 6.07) is 0.0663. The van der Waals surface area contributed by atoms with Crippen molar-refractivity contribution in [3.8, 4) is 0 Å². The summed E-state index contributed by atoms with van der Waals surface area (Å²) in [5.41, 5.74) is 0.527. The van der Waals surface area contributed by atoms with Crippen LogP contribution in [0.5, 0.6) is 0 Å². The monoisotopic (exact) mass is 323 g/mol. The Bertz CT molecular complexity index is 468. The summed E-state index contributed by atoms with van der Waals surface area (Å²) >= 11 is 6.72. The van der Waals surface area contributed by atoms with Gasteiger partial charge in [-0.3, -0.25) is 0 Å². The lowest BCUT2D eigenvalue weighted by atomic mass is 9.44. The van der Waals surface area contributed by atoms with Crippen LogP contribution in [0.25, 0.3) is 0 Å². The molecule has 22 heavy (non-hydrogen) atoms. The number of halogens is 1. The van der Waals surface area contributed by atoms with Crippen LogP contribution in [0.15, 0.2) is 5.18 Å². The van der Waals surface area contributed by atoms with E-state index in [-0.39, 0.29) is 11.5 Å². The highest BCUT2D eigenvalue weighted by atomic mass is 35.5. The quantitative estimate of drug-likeness (QED) is 0.445. The molecular weight excluding hydrogens is 294 g/mol. The average molecular weight is 324 g/mol. The molecule has 4 saturated carbocycles. The second kappa shape index (κ2) is 5.19. The van der Waals surface area contributed by atoms with Crippen LogP contribution in [0.4, 0.5) is 0 Å². The maximum atomic E-state index is 11.6. The normalized spacial score (nSPS) is 57.6. The van der Waals surface area contributed by atoms with Gasteiger partial charge in [0.2, 0.25) is 0 Å². The minimum absolute atomic E-state index is 0.0663. The molecule has 0 bridgehead atoms. The molecule has 124 valence electrons. The van der Waals surface area contributed by atoms with Crippen molar-refractivity contribution in [2.75, 3.05) is 0 Å². The molecule has 0 amide bonds. The summed E-state index contributed by atoms with van der Waals surface area (Å²) in [6.07, 6.45) is 11.3. The van der Waals surface area contributed by atoms with Gasteiger partial charge in [-0.25, -0.2) is 0 Å². The lowest BCUT2D eigenvalue weighted by Crippen LogP contribution is -2.57. The third-order valence-corrected chi connectivity index (χ3v) is 9.44. The van der Waals surface area contributed by atoms with Crippen LogP contribution in [0.1, 0.15) is 71.6 Å². The molecule has 0 unspecified atom stereocenters. The number of rotatable bonds is 1. The fourth-order valence-electron chi connectivity index (χ4n) is 7.42. The van der Waals surface area contributed by atoms with Crippen molar-refractivity contribution in [1.29, 1.82) is 0 Å². The van der Waals surface area contributed by atoms with Gasteiger partial charge in [-0.15, -0.1) is 11.6 Å². The van der Waals surface area contributed by atoms with Gasteiger partial charge >= 0.3 is 0 Å². The average Bonchev–Trinajstić information content (AvgIpc) is 2.82. The van der Waals surface area contributed by atoms with Gasteiger partial charge in [0.05, 0.1) is 6.04 Å². The van der Waals surface area contributed by atoms with Crippen LogP contribution in [-0.4, -0.2) is 11.4 Å². The largest absolute Gasteiger partial charge is 0.150 e. The highest BCUT2D eigenvalue weighted by Gasteiger charge is 2.61. The molecule has 0 aromatic rings. The van der Waals surface area contributed by atoms with E-state index >= 15 is 0 Å². The van der Waals surface area contributed by atoms with Crippen LogP contribution < -0.4 is 0 Å². The van der Waals surface area contributed by atoms with E-state index in [0.29, 0.717) is 16.7 Å². The lowest BCUT2D eigenvalue weighted by Gasteiger charge is -2.61. The molecule has 0 N–H and O–H groups in total. The molecule has 0 spiro atoms. The van der Waals surface area contributed by atoms with Crippen molar-refractivity contribution in [2.45, 2.75) is 83.1 Å². The van der Waals surface area contributed by atoms with Gasteiger partial charge in [-0.1, -0.05) is 25.4 Å². The molecule has 0 aromatic carbocycles. The van der Waals surface area contributed by atoms with E-state index in [9.17, 15) is 4.91 Å². The standard InChI is InChI=1S/C19H30ClNO/c1-18-11-10-15-13(14(18)8-9-16(18)20)7-6-12-4-3-5-17(21-22)19(12,15)2/h12-17H,3-11H2,1-2H3/t12-,13+,14+,15+,16-,17-,18+,19+/m1/s1. The second-order valence-corrected chi connectivity index (χ2v) is 9.69. The molecule has 4 fully saturated rings. The Morgan fingerprint density at radius 1 is 0.955 bits per heavy atom. The van der Waals surface area contributed by atoms with Gasteiger partial charge in [0, 0.05) is 5.38 Å². The second-order valence-electron chi connectivity index (χ2n) is 9.16. The number of nitrogens with zero attached hydrogens (tertiary/aromatic N) is 1. The van der Waals surface area contributed by atoms with Gasteiger partial charge in [0.25, 0.3) is 0 Å². The Balaban J connectivity index is 1.68. The maximum absolute atomic E-state index is 11.6. The molecule has 0 heterocycles. The first kappa shape index (κ1) is 15.4. The van der Waals surface area contributed by atoms with Gasteiger partial charge in [-0.05, 0) is 85.9 Å². The van der Waals surface area contributed by atoms with Gasteiger partial charge in [0.15, 0.2) is 0 Å². The molecular formula is C19H30ClNO. The number of fused-ring (bicyclic) bond motifs is 5. The molecule has 3 heteroatoms. The smallest absolute Gasteiger partial charge is 0.0978 e. The molecule has 0 radical (unpaired) electrons. The van der Waals surface area contributed by atoms with Gasteiger partial charge in [-0.2, -0.15) is 4.91 Å². The van der Waals surface area contributed by atoms with Gasteiger partial charge in [0.1, 0.15) is 0 Å².